The largest absolute Gasteiger partial charge is 0.489 e. The number of nitrogens with one attached hydrogen (secondary N) is 2. The first-order chi connectivity index (χ1) is 21.1. The summed E-state index contributed by atoms with van der Waals surface area (Å²) in [5.41, 5.74) is 9.99. The molecule has 1 aromatic heterocycles. The molecule has 1 fully saturated rings. The Morgan fingerprint density at radius 2 is 2.02 bits per heavy atom. The van der Waals surface area contributed by atoms with Crippen molar-refractivity contribution >= 4 is 34.3 Å². The molecule has 0 unspecified atom stereocenters. The van der Waals surface area contributed by atoms with E-state index in [0.717, 1.165) is 65.4 Å². The summed E-state index contributed by atoms with van der Waals surface area (Å²) in [6.07, 6.45) is 4.66. The Kier molecular flexibility index (Phi) is 9.53. The average Bonchev–Trinajstić information content (AvgIpc) is 3.35. The second-order valence-electron chi connectivity index (χ2n) is 12.3. The molecule has 0 bridgehead atoms. The molecule has 0 radical (unpaired) electrons. The summed E-state index contributed by atoms with van der Waals surface area (Å²) in [5, 5.41) is 3.02. The van der Waals surface area contributed by atoms with Gasteiger partial charge in [0.2, 0.25) is 5.91 Å². The number of carbonyl (C=O) groups is 2. The number of imide groups is 1. The topological polar surface area (TPSA) is 113 Å². The van der Waals surface area contributed by atoms with Crippen molar-refractivity contribution < 1.29 is 14.3 Å². The Morgan fingerprint density at radius 3 is 2.70 bits per heavy atom. The van der Waals surface area contributed by atoms with E-state index in [1.54, 1.807) is 6.20 Å². The molecule has 2 aliphatic rings. The van der Waals surface area contributed by atoms with Crippen LogP contribution < -0.4 is 21.3 Å². The standard InChI is InChI=1S/C34H44N6O3S/c1-7-26-20-39(19-25-17-37-13-12-29(25)43-26)18-24-16-23(9-8-21(24)2)30(27-10-11-28(36-6)31(38-35)22(27)3)34(4,5)32(41)40-14-15-44-33(40)42/h8-13,16-17,26,30,36,38H,7,14-15,18-20,35H2,1-6H3/t26-,30+/m1/s1. The summed E-state index contributed by atoms with van der Waals surface area (Å²) in [5.74, 6) is 7.02. The van der Waals surface area contributed by atoms with Gasteiger partial charge in [-0.3, -0.25) is 30.2 Å². The van der Waals surface area contributed by atoms with Crippen molar-refractivity contribution in [1.82, 2.24) is 14.8 Å². The summed E-state index contributed by atoms with van der Waals surface area (Å²) in [6, 6.07) is 12.5. The lowest BCUT2D eigenvalue weighted by molar-refractivity contribution is -0.137. The molecule has 2 aliphatic heterocycles. The van der Waals surface area contributed by atoms with E-state index in [1.165, 1.54) is 27.8 Å². The molecule has 0 saturated carbocycles. The van der Waals surface area contributed by atoms with Crippen molar-refractivity contribution in [2.45, 2.75) is 66.2 Å². The number of hydrogen-bond donors (Lipinski definition) is 3. The molecule has 10 heteroatoms. The van der Waals surface area contributed by atoms with Gasteiger partial charge in [-0.15, -0.1) is 0 Å². The van der Waals surface area contributed by atoms with Crippen LogP contribution in [0, 0.1) is 19.3 Å². The molecule has 1 saturated heterocycles. The van der Waals surface area contributed by atoms with Gasteiger partial charge in [0.05, 0.1) is 16.8 Å². The van der Waals surface area contributed by atoms with Crippen LogP contribution in [0.1, 0.15) is 66.5 Å². The molecule has 2 aromatic carbocycles. The zero-order chi connectivity index (χ0) is 31.6. The van der Waals surface area contributed by atoms with E-state index < -0.39 is 5.41 Å². The average molecular weight is 617 g/mol. The Bertz CT molecular complexity index is 1540. The number of aryl methyl sites for hydroxylation is 1. The molecular formula is C34H44N6O3S. The second kappa shape index (κ2) is 13.2. The lowest BCUT2D eigenvalue weighted by Gasteiger charge is -2.37. The van der Waals surface area contributed by atoms with Crippen LogP contribution in [-0.4, -0.2) is 57.9 Å². The van der Waals surface area contributed by atoms with E-state index >= 15 is 0 Å². The van der Waals surface area contributed by atoms with Crippen LogP contribution in [0.25, 0.3) is 0 Å². The molecule has 0 spiro atoms. The van der Waals surface area contributed by atoms with E-state index in [9.17, 15) is 9.59 Å². The number of rotatable bonds is 9. The first kappa shape index (κ1) is 31.8. The van der Waals surface area contributed by atoms with Crippen molar-refractivity contribution in [3.05, 3.63) is 82.2 Å². The number of benzene rings is 2. The van der Waals surface area contributed by atoms with Crippen LogP contribution in [0.2, 0.25) is 0 Å². The minimum absolute atomic E-state index is 0.0813. The normalized spacial score (nSPS) is 17.9. The highest BCUT2D eigenvalue weighted by atomic mass is 32.2. The number of hydrogen-bond acceptors (Lipinski definition) is 9. The number of ether oxygens (including phenoxy) is 1. The van der Waals surface area contributed by atoms with Gasteiger partial charge < -0.3 is 15.5 Å². The third kappa shape index (κ3) is 6.16. The van der Waals surface area contributed by atoms with E-state index in [1.807, 2.05) is 46.1 Å². The number of carbonyl (C=O) groups excluding carboxylic acids is 2. The summed E-state index contributed by atoms with van der Waals surface area (Å²) in [4.78, 5) is 35.1. The lowest BCUT2D eigenvalue weighted by atomic mass is 9.68. The van der Waals surface area contributed by atoms with Gasteiger partial charge in [0.25, 0.3) is 5.24 Å². The third-order valence-corrected chi connectivity index (χ3v) is 9.93. The predicted molar refractivity (Wildman–Crippen MR) is 178 cm³/mol. The van der Waals surface area contributed by atoms with Gasteiger partial charge in [-0.1, -0.05) is 56.8 Å². The highest BCUT2D eigenvalue weighted by Crippen LogP contribution is 2.47. The molecular weight excluding hydrogens is 572 g/mol. The predicted octanol–water partition coefficient (Wildman–Crippen LogP) is 6.05. The SMILES string of the molecule is CC[C@@H]1CN(Cc2cc([C@@H](c3ccc(NC)c(NN)c3C)C(C)(C)C(=O)N3CCSC3=O)ccc2C)Cc2cnccc2O1. The number of nitrogens with zero attached hydrogens (tertiary/aromatic N) is 3. The molecule has 9 nitrogen and oxygen atoms in total. The first-order valence-corrected chi connectivity index (χ1v) is 16.2. The van der Waals surface area contributed by atoms with Gasteiger partial charge in [0.15, 0.2) is 0 Å². The number of thioether (sulfide) groups is 1. The van der Waals surface area contributed by atoms with Gasteiger partial charge in [0, 0.05) is 62.9 Å². The molecule has 234 valence electrons. The quantitative estimate of drug-likeness (QED) is 0.195. The maximum absolute atomic E-state index is 14.2. The van der Waals surface area contributed by atoms with Crippen LogP contribution in [0.4, 0.5) is 16.2 Å². The highest BCUT2D eigenvalue weighted by Gasteiger charge is 2.45. The van der Waals surface area contributed by atoms with Crippen molar-refractivity contribution in [1.29, 1.82) is 0 Å². The van der Waals surface area contributed by atoms with Crippen molar-refractivity contribution in [3.63, 3.8) is 0 Å². The molecule has 44 heavy (non-hydrogen) atoms. The van der Waals surface area contributed by atoms with Crippen LogP contribution >= 0.6 is 11.8 Å². The molecule has 5 rings (SSSR count). The summed E-state index contributed by atoms with van der Waals surface area (Å²) >= 11 is 1.20. The first-order valence-electron chi connectivity index (χ1n) is 15.3. The van der Waals surface area contributed by atoms with Crippen molar-refractivity contribution in [3.8, 4) is 5.75 Å². The summed E-state index contributed by atoms with van der Waals surface area (Å²) < 4.78 is 6.33. The molecule has 4 N–H and O–H groups in total. The van der Waals surface area contributed by atoms with Gasteiger partial charge in [-0.25, -0.2) is 0 Å². The number of anilines is 2. The molecule has 2 atom stereocenters. The number of nitrogen functional groups attached to an aromatic ring is 1. The maximum atomic E-state index is 14.2. The minimum atomic E-state index is -0.931. The van der Waals surface area contributed by atoms with Crippen LogP contribution in [0.5, 0.6) is 5.75 Å². The maximum Gasteiger partial charge on any atom is 0.288 e. The molecule has 3 aromatic rings. The number of amides is 2. The number of hydrazine groups is 1. The fourth-order valence-electron chi connectivity index (χ4n) is 6.54. The van der Waals surface area contributed by atoms with Gasteiger partial charge in [-0.05, 0) is 60.2 Å². The Hall–Kier alpha value is -3.60. The van der Waals surface area contributed by atoms with E-state index in [4.69, 9.17) is 10.6 Å². The fourth-order valence-corrected chi connectivity index (χ4v) is 7.32. The number of pyridine rings is 1. The number of fused-ring (bicyclic) bond motifs is 1. The van der Waals surface area contributed by atoms with E-state index in [0.29, 0.717) is 12.3 Å². The monoisotopic (exact) mass is 616 g/mol. The Balaban J connectivity index is 1.58. The van der Waals surface area contributed by atoms with Gasteiger partial charge >= 0.3 is 0 Å². The number of nitrogens with two attached hydrogens (primary N) is 1. The number of aromatic nitrogens is 1. The minimum Gasteiger partial charge on any atom is -0.489 e. The van der Waals surface area contributed by atoms with Crippen LogP contribution in [0.3, 0.4) is 0 Å². The summed E-state index contributed by atoms with van der Waals surface area (Å²) in [6.45, 7) is 12.9. The second-order valence-corrected chi connectivity index (χ2v) is 13.4. The Morgan fingerprint density at radius 1 is 1.23 bits per heavy atom. The van der Waals surface area contributed by atoms with Gasteiger partial charge in [-0.2, -0.15) is 0 Å². The molecule has 0 aliphatic carbocycles. The van der Waals surface area contributed by atoms with E-state index in [2.05, 4.69) is 58.7 Å². The zero-order valence-corrected chi connectivity index (χ0v) is 27.4. The fraction of sp³-hybridized carbons (Fsp3) is 0.441. The van der Waals surface area contributed by atoms with Crippen molar-refractivity contribution in [2.24, 2.45) is 11.3 Å². The van der Waals surface area contributed by atoms with Crippen LogP contribution in [0.15, 0.2) is 48.8 Å². The van der Waals surface area contributed by atoms with E-state index in [-0.39, 0.29) is 23.2 Å². The smallest absolute Gasteiger partial charge is 0.288 e. The zero-order valence-electron chi connectivity index (χ0n) is 26.6. The Labute approximate surface area is 264 Å². The molecule has 2 amide bonds. The highest BCUT2D eigenvalue weighted by molar-refractivity contribution is 8.13. The lowest BCUT2D eigenvalue weighted by Crippen LogP contribution is -2.44. The van der Waals surface area contributed by atoms with Gasteiger partial charge in [0.1, 0.15) is 11.9 Å². The van der Waals surface area contributed by atoms with Crippen molar-refractivity contribution in [2.75, 3.05) is 36.6 Å². The third-order valence-electron chi connectivity index (χ3n) is 9.07. The molecule has 3 heterocycles. The van der Waals surface area contributed by atoms with Crippen LogP contribution in [-0.2, 0) is 17.9 Å². The summed E-state index contributed by atoms with van der Waals surface area (Å²) in [7, 11) is 1.86.